The molecule has 1 aromatic carbocycles. The molecule has 0 saturated heterocycles. The van der Waals surface area contributed by atoms with E-state index >= 15 is 0 Å². The summed E-state index contributed by atoms with van der Waals surface area (Å²) in [6, 6.07) is 4.27. The van der Waals surface area contributed by atoms with Crippen LogP contribution in [0.5, 0.6) is 0 Å². The lowest BCUT2D eigenvalue weighted by Gasteiger charge is -2.15. The number of benzene rings is 1. The van der Waals surface area contributed by atoms with Gasteiger partial charge in [-0.2, -0.15) is 0 Å². The highest BCUT2D eigenvalue weighted by Gasteiger charge is 2.25. The highest BCUT2D eigenvalue weighted by molar-refractivity contribution is 5.97. The number of ether oxygens (including phenoxy) is 2. The molecule has 1 aromatic rings. The van der Waals surface area contributed by atoms with Crippen molar-refractivity contribution in [3.05, 3.63) is 34.9 Å². The van der Waals surface area contributed by atoms with Gasteiger partial charge in [0.2, 0.25) is 0 Å². The third-order valence-electron chi connectivity index (χ3n) is 2.87. The fourth-order valence-electron chi connectivity index (χ4n) is 1.93. The minimum atomic E-state index is -1.07. The summed E-state index contributed by atoms with van der Waals surface area (Å²) in [5.74, 6) is -1.75. The monoisotopic (exact) mass is 293 g/mol. The molecule has 0 saturated carbocycles. The molecule has 6 heteroatoms. The average Bonchev–Trinajstić information content (AvgIpc) is 2.44. The summed E-state index contributed by atoms with van der Waals surface area (Å²) in [4.78, 5) is 35.1. The Morgan fingerprint density at radius 1 is 1.05 bits per heavy atom. The van der Waals surface area contributed by atoms with Gasteiger partial charge in [0.15, 0.2) is 0 Å². The average molecular weight is 293 g/mol. The van der Waals surface area contributed by atoms with E-state index in [0.717, 1.165) is 11.1 Å². The van der Waals surface area contributed by atoms with Crippen LogP contribution in [0, 0.1) is 13.8 Å². The summed E-state index contributed by atoms with van der Waals surface area (Å²) in [6.07, 6.45) is -0.278. The maximum absolute atomic E-state index is 12.2. The van der Waals surface area contributed by atoms with Crippen molar-refractivity contribution in [2.45, 2.75) is 26.3 Å². The first-order chi connectivity index (χ1) is 9.87. The predicted molar refractivity (Wildman–Crippen MR) is 75.8 cm³/mol. The van der Waals surface area contributed by atoms with Crippen LogP contribution in [0.3, 0.4) is 0 Å². The first-order valence-electron chi connectivity index (χ1n) is 6.41. The largest absolute Gasteiger partial charge is 0.469 e. The molecular weight excluding hydrogens is 274 g/mol. The second-order valence-corrected chi connectivity index (χ2v) is 4.71. The summed E-state index contributed by atoms with van der Waals surface area (Å²) in [5.41, 5.74) is 2.29. The van der Waals surface area contributed by atoms with E-state index in [1.54, 1.807) is 12.1 Å². The molecule has 0 bridgehead atoms. The summed E-state index contributed by atoms with van der Waals surface area (Å²) in [7, 11) is 2.40. The van der Waals surface area contributed by atoms with E-state index in [1.807, 2.05) is 19.9 Å². The van der Waals surface area contributed by atoms with Crippen molar-refractivity contribution in [3.8, 4) is 0 Å². The van der Waals surface area contributed by atoms with E-state index in [0.29, 0.717) is 5.56 Å². The molecule has 0 aliphatic rings. The highest BCUT2D eigenvalue weighted by Crippen LogP contribution is 2.09. The fraction of sp³-hybridized carbons (Fsp3) is 0.400. The third kappa shape index (κ3) is 4.91. The molecule has 0 aliphatic heterocycles. The van der Waals surface area contributed by atoms with Crippen LogP contribution in [-0.4, -0.2) is 38.1 Å². The van der Waals surface area contributed by atoms with E-state index in [9.17, 15) is 14.4 Å². The number of carbonyl (C=O) groups excluding carboxylic acids is 3. The number of amides is 1. The second kappa shape index (κ2) is 7.42. The van der Waals surface area contributed by atoms with E-state index < -0.39 is 23.9 Å². The Morgan fingerprint density at radius 3 is 2.10 bits per heavy atom. The Balaban J connectivity index is 2.89. The molecule has 21 heavy (non-hydrogen) atoms. The van der Waals surface area contributed by atoms with Crippen LogP contribution in [0.4, 0.5) is 0 Å². The van der Waals surface area contributed by atoms with Crippen LogP contribution in [0.1, 0.15) is 27.9 Å². The smallest absolute Gasteiger partial charge is 0.328 e. The van der Waals surface area contributed by atoms with E-state index in [4.69, 9.17) is 0 Å². The summed E-state index contributed by atoms with van der Waals surface area (Å²) < 4.78 is 9.08. The van der Waals surface area contributed by atoms with Gasteiger partial charge in [-0.05, 0) is 26.0 Å². The van der Waals surface area contributed by atoms with Crippen molar-refractivity contribution < 1.29 is 23.9 Å². The van der Waals surface area contributed by atoms with Gasteiger partial charge < -0.3 is 14.8 Å². The number of esters is 2. The summed E-state index contributed by atoms with van der Waals surface area (Å²) in [6.45, 7) is 3.74. The van der Waals surface area contributed by atoms with Crippen molar-refractivity contribution in [2.24, 2.45) is 0 Å². The molecule has 0 radical (unpaired) electrons. The highest BCUT2D eigenvalue weighted by atomic mass is 16.5. The van der Waals surface area contributed by atoms with Crippen LogP contribution < -0.4 is 5.32 Å². The standard InChI is InChI=1S/C15H19NO5/c1-9-5-10(2)7-11(6-9)14(18)16-12(15(19)21-4)8-13(17)20-3/h5-7,12H,8H2,1-4H3,(H,16,18)/t12-/m0/s1. The van der Waals surface area contributed by atoms with E-state index in [-0.39, 0.29) is 6.42 Å². The lowest BCUT2D eigenvalue weighted by Crippen LogP contribution is -2.43. The number of methoxy groups -OCH3 is 2. The normalized spacial score (nSPS) is 11.4. The minimum Gasteiger partial charge on any atom is -0.469 e. The molecule has 0 unspecified atom stereocenters. The molecule has 0 aliphatic carbocycles. The van der Waals surface area contributed by atoms with Gasteiger partial charge >= 0.3 is 11.9 Å². The maximum atomic E-state index is 12.2. The van der Waals surface area contributed by atoms with Gasteiger partial charge in [-0.3, -0.25) is 9.59 Å². The van der Waals surface area contributed by atoms with Gasteiger partial charge in [0, 0.05) is 5.56 Å². The fourth-order valence-corrected chi connectivity index (χ4v) is 1.93. The number of hydrogen-bond acceptors (Lipinski definition) is 5. The molecular formula is C15H19NO5. The molecule has 1 atom stereocenters. The van der Waals surface area contributed by atoms with Crippen molar-refractivity contribution in [1.82, 2.24) is 5.32 Å². The number of aryl methyl sites for hydroxylation is 2. The van der Waals surface area contributed by atoms with Crippen molar-refractivity contribution in [1.29, 1.82) is 0 Å². The maximum Gasteiger partial charge on any atom is 0.328 e. The van der Waals surface area contributed by atoms with E-state index in [1.165, 1.54) is 14.2 Å². The SMILES string of the molecule is COC(=O)C[C@H](NC(=O)c1cc(C)cc(C)c1)C(=O)OC. The third-order valence-corrected chi connectivity index (χ3v) is 2.87. The number of hydrogen-bond donors (Lipinski definition) is 1. The summed E-state index contributed by atoms with van der Waals surface area (Å²) >= 11 is 0. The van der Waals surface area contributed by atoms with Crippen LogP contribution >= 0.6 is 0 Å². The zero-order valence-corrected chi connectivity index (χ0v) is 12.6. The van der Waals surface area contributed by atoms with Crippen LogP contribution in [0.2, 0.25) is 0 Å². The van der Waals surface area contributed by atoms with Crippen molar-refractivity contribution in [3.63, 3.8) is 0 Å². The molecule has 0 heterocycles. The quantitative estimate of drug-likeness (QED) is 0.823. The molecule has 0 spiro atoms. The molecule has 6 nitrogen and oxygen atoms in total. The van der Waals surface area contributed by atoms with Crippen molar-refractivity contribution in [2.75, 3.05) is 14.2 Å². The van der Waals surface area contributed by atoms with Gasteiger partial charge in [0.25, 0.3) is 5.91 Å². The second-order valence-electron chi connectivity index (χ2n) is 4.71. The van der Waals surface area contributed by atoms with Gasteiger partial charge in [0.05, 0.1) is 20.6 Å². The molecule has 1 N–H and O–H groups in total. The Bertz CT molecular complexity index is 533. The Labute approximate surface area is 123 Å². The minimum absolute atomic E-state index is 0.278. The van der Waals surface area contributed by atoms with Gasteiger partial charge in [0.1, 0.15) is 6.04 Å². The zero-order chi connectivity index (χ0) is 16.0. The number of rotatable bonds is 5. The predicted octanol–water partition coefficient (Wildman–Crippen LogP) is 1.14. The van der Waals surface area contributed by atoms with E-state index in [2.05, 4.69) is 14.8 Å². The topological polar surface area (TPSA) is 81.7 Å². The Morgan fingerprint density at radius 2 is 1.62 bits per heavy atom. The Kier molecular flexibility index (Phi) is 5.90. The molecule has 0 fully saturated rings. The molecule has 1 amide bonds. The molecule has 1 rings (SSSR count). The van der Waals surface area contributed by atoms with Crippen LogP contribution in [0.25, 0.3) is 0 Å². The first kappa shape index (κ1) is 16.7. The van der Waals surface area contributed by atoms with Crippen LogP contribution in [-0.2, 0) is 19.1 Å². The summed E-state index contributed by atoms with van der Waals surface area (Å²) in [5, 5.41) is 2.49. The zero-order valence-electron chi connectivity index (χ0n) is 12.6. The number of carbonyl (C=O) groups is 3. The van der Waals surface area contributed by atoms with Crippen LogP contribution in [0.15, 0.2) is 18.2 Å². The van der Waals surface area contributed by atoms with Gasteiger partial charge in [-0.15, -0.1) is 0 Å². The lowest BCUT2D eigenvalue weighted by molar-refractivity contribution is -0.149. The first-order valence-corrected chi connectivity index (χ1v) is 6.41. The van der Waals surface area contributed by atoms with Crippen molar-refractivity contribution >= 4 is 17.8 Å². The van der Waals surface area contributed by atoms with Gasteiger partial charge in [-0.1, -0.05) is 17.2 Å². The number of nitrogens with one attached hydrogen (secondary N) is 1. The molecule has 114 valence electrons. The Hall–Kier alpha value is -2.37. The lowest BCUT2D eigenvalue weighted by atomic mass is 10.1. The van der Waals surface area contributed by atoms with Gasteiger partial charge in [-0.25, -0.2) is 4.79 Å². The molecule has 0 aromatic heterocycles.